The SMILES string of the molecule is NC(Cc1ccsc1)Cc1cc(F)ccc1Br. The lowest BCUT2D eigenvalue weighted by Gasteiger charge is -2.12. The fraction of sp³-hybridized carbons (Fsp3) is 0.231. The number of rotatable bonds is 4. The Morgan fingerprint density at radius 1 is 1.29 bits per heavy atom. The van der Waals surface area contributed by atoms with Crippen LogP contribution in [0.15, 0.2) is 39.5 Å². The maximum Gasteiger partial charge on any atom is 0.123 e. The Morgan fingerprint density at radius 3 is 2.82 bits per heavy atom. The van der Waals surface area contributed by atoms with E-state index in [1.165, 1.54) is 17.7 Å². The Bertz CT molecular complexity index is 484. The third-order valence-corrected chi connectivity index (χ3v) is 4.07. The lowest BCUT2D eigenvalue weighted by Crippen LogP contribution is -2.25. The van der Waals surface area contributed by atoms with Crippen LogP contribution in [-0.4, -0.2) is 6.04 Å². The predicted molar refractivity (Wildman–Crippen MR) is 73.8 cm³/mol. The van der Waals surface area contributed by atoms with E-state index in [0.29, 0.717) is 6.42 Å². The summed E-state index contributed by atoms with van der Waals surface area (Å²) in [5.74, 6) is -0.217. The normalized spacial score (nSPS) is 12.6. The molecule has 0 aliphatic rings. The van der Waals surface area contributed by atoms with Crippen LogP contribution in [0.4, 0.5) is 4.39 Å². The van der Waals surface area contributed by atoms with Crippen LogP contribution in [0.5, 0.6) is 0 Å². The molecule has 0 amide bonds. The van der Waals surface area contributed by atoms with Gasteiger partial charge < -0.3 is 5.73 Å². The van der Waals surface area contributed by atoms with Gasteiger partial charge >= 0.3 is 0 Å². The molecule has 0 radical (unpaired) electrons. The Balaban J connectivity index is 2.02. The molecule has 0 spiro atoms. The molecule has 1 unspecified atom stereocenters. The van der Waals surface area contributed by atoms with Gasteiger partial charge in [-0.1, -0.05) is 15.9 Å². The van der Waals surface area contributed by atoms with Crippen molar-refractivity contribution >= 4 is 27.3 Å². The summed E-state index contributed by atoms with van der Waals surface area (Å²) in [4.78, 5) is 0. The van der Waals surface area contributed by atoms with Crippen molar-refractivity contribution in [1.29, 1.82) is 0 Å². The molecule has 90 valence electrons. The number of thiophene rings is 1. The lowest BCUT2D eigenvalue weighted by atomic mass is 10.0. The van der Waals surface area contributed by atoms with Crippen molar-refractivity contribution in [3.63, 3.8) is 0 Å². The van der Waals surface area contributed by atoms with E-state index in [1.807, 2.05) is 5.38 Å². The molecule has 1 atom stereocenters. The molecule has 0 saturated heterocycles. The zero-order valence-electron chi connectivity index (χ0n) is 9.20. The summed E-state index contributed by atoms with van der Waals surface area (Å²) in [6.07, 6.45) is 1.50. The van der Waals surface area contributed by atoms with Gasteiger partial charge in [0.2, 0.25) is 0 Å². The topological polar surface area (TPSA) is 26.0 Å². The van der Waals surface area contributed by atoms with E-state index in [-0.39, 0.29) is 11.9 Å². The molecule has 1 aromatic heterocycles. The van der Waals surface area contributed by atoms with E-state index in [1.54, 1.807) is 17.4 Å². The lowest BCUT2D eigenvalue weighted by molar-refractivity contribution is 0.617. The van der Waals surface area contributed by atoms with Crippen molar-refractivity contribution in [3.8, 4) is 0 Å². The van der Waals surface area contributed by atoms with Crippen molar-refractivity contribution in [1.82, 2.24) is 0 Å². The smallest absolute Gasteiger partial charge is 0.123 e. The minimum Gasteiger partial charge on any atom is -0.327 e. The molecule has 4 heteroatoms. The van der Waals surface area contributed by atoms with Crippen LogP contribution in [-0.2, 0) is 12.8 Å². The van der Waals surface area contributed by atoms with Gasteiger partial charge in [-0.3, -0.25) is 0 Å². The highest BCUT2D eigenvalue weighted by atomic mass is 79.9. The second kappa shape index (κ2) is 5.76. The zero-order chi connectivity index (χ0) is 12.3. The number of halogens is 2. The monoisotopic (exact) mass is 313 g/mol. The van der Waals surface area contributed by atoms with Crippen molar-refractivity contribution in [2.45, 2.75) is 18.9 Å². The maximum atomic E-state index is 13.1. The van der Waals surface area contributed by atoms with Gasteiger partial charge in [0.15, 0.2) is 0 Å². The highest BCUT2D eigenvalue weighted by Crippen LogP contribution is 2.20. The summed E-state index contributed by atoms with van der Waals surface area (Å²) in [5.41, 5.74) is 8.25. The first kappa shape index (κ1) is 12.7. The summed E-state index contributed by atoms with van der Waals surface area (Å²) < 4.78 is 14.0. The van der Waals surface area contributed by atoms with E-state index in [0.717, 1.165) is 16.5 Å². The molecule has 1 heterocycles. The van der Waals surface area contributed by atoms with E-state index in [9.17, 15) is 4.39 Å². The summed E-state index contributed by atoms with van der Waals surface area (Å²) in [5, 5.41) is 4.14. The molecule has 0 fully saturated rings. The second-order valence-corrected chi connectivity index (χ2v) is 5.67. The molecule has 1 aromatic carbocycles. The van der Waals surface area contributed by atoms with Crippen molar-refractivity contribution in [2.24, 2.45) is 5.73 Å². The van der Waals surface area contributed by atoms with Gasteiger partial charge in [-0.15, -0.1) is 0 Å². The van der Waals surface area contributed by atoms with Gasteiger partial charge in [-0.05, 0) is 59.0 Å². The van der Waals surface area contributed by atoms with Crippen molar-refractivity contribution in [3.05, 3.63) is 56.4 Å². The van der Waals surface area contributed by atoms with Gasteiger partial charge in [0.05, 0.1) is 0 Å². The average molecular weight is 314 g/mol. The van der Waals surface area contributed by atoms with E-state index in [2.05, 4.69) is 27.4 Å². The predicted octanol–water partition coefficient (Wildman–Crippen LogP) is 3.76. The highest BCUT2D eigenvalue weighted by molar-refractivity contribution is 9.10. The van der Waals surface area contributed by atoms with E-state index < -0.39 is 0 Å². The molecule has 0 saturated carbocycles. The van der Waals surface area contributed by atoms with Crippen LogP contribution < -0.4 is 5.73 Å². The largest absolute Gasteiger partial charge is 0.327 e. The standard InChI is InChI=1S/C13H13BrFNS/c14-13-2-1-11(15)6-10(13)7-12(16)5-9-3-4-17-8-9/h1-4,6,8,12H,5,7,16H2. The third-order valence-electron chi connectivity index (χ3n) is 2.57. The first-order valence-corrected chi connectivity index (χ1v) is 7.09. The van der Waals surface area contributed by atoms with Crippen molar-refractivity contribution in [2.75, 3.05) is 0 Å². The molecular formula is C13H13BrFNS. The van der Waals surface area contributed by atoms with E-state index >= 15 is 0 Å². The third kappa shape index (κ3) is 3.63. The van der Waals surface area contributed by atoms with Crippen LogP contribution in [0.3, 0.4) is 0 Å². The van der Waals surface area contributed by atoms with Gasteiger partial charge in [0.25, 0.3) is 0 Å². The number of hydrogen-bond acceptors (Lipinski definition) is 2. The molecule has 1 nitrogen and oxygen atoms in total. The van der Waals surface area contributed by atoms with Crippen LogP contribution >= 0.6 is 27.3 Å². The first-order chi connectivity index (χ1) is 8.15. The van der Waals surface area contributed by atoms with Gasteiger partial charge in [-0.25, -0.2) is 4.39 Å². The summed E-state index contributed by atoms with van der Waals surface area (Å²) >= 11 is 5.09. The molecule has 0 aliphatic carbocycles. The van der Waals surface area contributed by atoms with Crippen molar-refractivity contribution < 1.29 is 4.39 Å². The molecule has 17 heavy (non-hydrogen) atoms. The fourth-order valence-corrected chi connectivity index (χ4v) is 2.86. The van der Waals surface area contributed by atoms with Gasteiger partial charge in [0.1, 0.15) is 5.82 Å². The van der Waals surface area contributed by atoms with E-state index in [4.69, 9.17) is 5.73 Å². The van der Waals surface area contributed by atoms with Gasteiger partial charge in [0, 0.05) is 10.5 Å². The number of hydrogen-bond donors (Lipinski definition) is 1. The molecular weight excluding hydrogens is 301 g/mol. The Labute approximate surface area is 113 Å². The summed E-state index contributed by atoms with van der Waals surface area (Å²) in [6.45, 7) is 0. The molecule has 2 N–H and O–H groups in total. The second-order valence-electron chi connectivity index (χ2n) is 4.04. The molecule has 0 aliphatic heterocycles. The van der Waals surface area contributed by atoms with Crippen LogP contribution in [0.1, 0.15) is 11.1 Å². The maximum absolute atomic E-state index is 13.1. The summed E-state index contributed by atoms with van der Waals surface area (Å²) in [6, 6.07) is 6.80. The molecule has 2 rings (SSSR count). The van der Waals surface area contributed by atoms with Crippen LogP contribution in [0.25, 0.3) is 0 Å². The van der Waals surface area contributed by atoms with Gasteiger partial charge in [-0.2, -0.15) is 11.3 Å². The Morgan fingerprint density at radius 2 is 2.12 bits per heavy atom. The average Bonchev–Trinajstić information content (AvgIpc) is 2.76. The Kier molecular flexibility index (Phi) is 4.31. The minimum absolute atomic E-state index is 0.0164. The number of benzene rings is 1. The Hall–Kier alpha value is -0.710. The quantitative estimate of drug-likeness (QED) is 0.913. The first-order valence-electron chi connectivity index (χ1n) is 5.36. The van der Waals surface area contributed by atoms with Crippen LogP contribution in [0, 0.1) is 5.82 Å². The minimum atomic E-state index is -0.217. The fourth-order valence-electron chi connectivity index (χ4n) is 1.77. The highest BCUT2D eigenvalue weighted by Gasteiger charge is 2.09. The molecule has 0 bridgehead atoms. The number of nitrogens with two attached hydrogens (primary N) is 1. The van der Waals surface area contributed by atoms with Crippen LogP contribution in [0.2, 0.25) is 0 Å². The summed E-state index contributed by atoms with van der Waals surface area (Å²) in [7, 11) is 0. The molecule has 2 aromatic rings. The zero-order valence-corrected chi connectivity index (χ0v) is 11.6.